The van der Waals surface area contributed by atoms with Crippen LogP contribution in [0.5, 0.6) is 11.5 Å². The fourth-order valence-corrected chi connectivity index (χ4v) is 3.15. The second-order valence-corrected chi connectivity index (χ2v) is 7.10. The molecule has 0 radical (unpaired) electrons. The van der Waals surface area contributed by atoms with Crippen LogP contribution in [0.25, 0.3) is 0 Å². The van der Waals surface area contributed by atoms with Gasteiger partial charge in [-0.05, 0) is 43.5 Å². The molecule has 7 nitrogen and oxygen atoms in total. The first kappa shape index (κ1) is 19.8. The maximum absolute atomic E-state index is 12.4. The van der Waals surface area contributed by atoms with Gasteiger partial charge in [0.05, 0.1) is 6.04 Å². The number of carbonyl (C=O) groups excluding carboxylic acids is 2. The summed E-state index contributed by atoms with van der Waals surface area (Å²) in [5.41, 5.74) is 1.23. The quantitative estimate of drug-likeness (QED) is 0.765. The van der Waals surface area contributed by atoms with Crippen LogP contribution >= 0.6 is 0 Å². The molecule has 1 aromatic heterocycles. The fourth-order valence-electron chi connectivity index (χ4n) is 3.15. The Kier molecular flexibility index (Phi) is 5.92. The monoisotopic (exact) mass is 387 g/mol. The molecule has 1 aliphatic rings. The number of amides is 1. The van der Waals surface area contributed by atoms with Crippen LogP contribution in [0.1, 0.15) is 47.3 Å². The minimum atomic E-state index is -0.579. The molecule has 3 rings (SSSR count). The number of hydrogen-bond acceptors (Lipinski definition) is 6. The van der Waals surface area contributed by atoms with Crippen molar-refractivity contribution in [1.82, 2.24) is 5.32 Å². The lowest BCUT2D eigenvalue weighted by atomic mass is 9.95. The molecule has 1 N–H and O–H groups in total. The lowest BCUT2D eigenvalue weighted by molar-refractivity contribution is -0.125. The van der Waals surface area contributed by atoms with Gasteiger partial charge < -0.3 is 23.9 Å². The zero-order valence-corrected chi connectivity index (χ0v) is 16.5. The average Bonchev–Trinajstić information content (AvgIpc) is 3.01. The first-order valence-electron chi connectivity index (χ1n) is 9.28. The molecule has 0 saturated heterocycles. The molecule has 2 heterocycles. The number of esters is 1. The van der Waals surface area contributed by atoms with Crippen molar-refractivity contribution in [2.75, 3.05) is 19.8 Å². The van der Waals surface area contributed by atoms with E-state index in [2.05, 4.69) is 5.32 Å². The van der Waals surface area contributed by atoms with E-state index in [1.807, 2.05) is 32.0 Å². The van der Waals surface area contributed by atoms with E-state index in [-0.39, 0.29) is 24.5 Å². The van der Waals surface area contributed by atoms with Crippen LogP contribution < -0.4 is 14.8 Å². The van der Waals surface area contributed by atoms with Crippen LogP contribution in [-0.2, 0) is 9.53 Å². The first-order valence-corrected chi connectivity index (χ1v) is 9.28. The van der Waals surface area contributed by atoms with E-state index in [0.717, 1.165) is 5.56 Å². The van der Waals surface area contributed by atoms with Crippen molar-refractivity contribution in [2.45, 2.75) is 33.7 Å². The predicted octanol–water partition coefficient (Wildman–Crippen LogP) is 3.34. The van der Waals surface area contributed by atoms with Gasteiger partial charge in [-0.15, -0.1) is 0 Å². The zero-order valence-electron chi connectivity index (χ0n) is 16.5. The molecule has 0 fully saturated rings. The van der Waals surface area contributed by atoms with Crippen molar-refractivity contribution < 1.29 is 28.2 Å². The molecule has 7 heteroatoms. The van der Waals surface area contributed by atoms with Gasteiger partial charge in [-0.3, -0.25) is 4.79 Å². The second kappa shape index (κ2) is 8.37. The van der Waals surface area contributed by atoms with Crippen molar-refractivity contribution in [1.29, 1.82) is 0 Å². The SMILES string of the molecule is Cc1cc(C(=O)OCC(=O)N[C@H](c2ccc3c(c2)OCCO3)C(C)C)c(C)o1. The van der Waals surface area contributed by atoms with Gasteiger partial charge in [0, 0.05) is 0 Å². The van der Waals surface area contributed by atoms with Crippen LogP contribution in [0.15, 0.2) is 28.7 Å². The zero-order chi connectivity index (χ0) is 20.3. The molecule has 28 heavy (non-hydrogen) atoms. The molecule has 2 aromatic rings. The number of furan rings is 1. The normalized spacial score (nSPS) is 13.9. The van der Waals surface area contributed by atoms with Gasteiger partial charge in [0.15, 0.2) is 18.1 Å². The Morgan fingerprint density at radius 1 is 1.11 bits per heavy atom. The Morgan fingerprint density at radius 2 is 1.82 bits per heavy atom. The van der Waals surface area contributed by atoms with Crippen LogP contribution in [0, 0.1) is 19.8 Å². The van der Waals surface area contributed by atoms with Crippen molar-refractivity contribution >= 4 is 11.9 Å². The molecule has 0 bridgehead atoms. The van der Waals surface area contributed by atoms with Crippen LogP contribution in [0.2, 0.25) is 0 Å². The highest BCUT2D eigenvalue weighted by Gasteiger charge is 2.23. The van der Waals surface area contributed by atoms with Gasteiger partial charge in [-0.25, -0.2) is 4.79 Å². The molecule has 150 valence electrons. The topological polar surface area (TPSA) is 87.0 Å². The van der Waals surface area contributed by atoms with Crippen molar-refractivity contribution in [3.63, 3.8) is 0 Å². The summed E-state index contributed by atoms with van der Waals surface area (Å²) in [5, 5.41) is 2.93. The highest BCUT2D eigenvalue weighted by molar-refractivity contribution is 5.92. The van der Waals surface area contributed by atoms with E-state index < -0.39 is 5.97 Å². The number of benzene rings is 1. The van der Waals surface area contributed by atoms with Gasteiger partial charge in [-0.1, -0.05) is 19.9 Å². The summed E-state index contributed by atoms with van der Waals surface area (Å²) in [5.74, 6) is 1.63. The number of hydrogen-bond donors (Lipinski definition) is 1. The molecule has 1 atom stereocenters. The lowest BCUT2D eigenvalue weighted by Crippen LogP contribution is -2.35. The van der Waals surface area contributed by atoms with Crippen molar-refractivity contribution in [3.8, 4) is 11.5 Å². The van der Waals surface area contributed by atoms with E-state index in [0.29, 0.717) is 41.8 Å². The first-order chi connectivity index (χ1) is 13.3. The summed E-state index contributed by atoms with van der Waals surface area (Å²) in [4.78, 5) is 24.5. The average molecular weight is 387 g/mol. The van der Waals surface area contributed by atoms with E-state index in [1.165, 1.54) is 0 Å². The van der Waals surface area contributed by atoms with Crippen LogP contribution in [-0.4, -0.2) is 31.7 Å². The summed E-state index contributed by atoms with van der Waals surface area (Å²) in [6.07, 6.45) is 0. The molecular weight excluding hydrogens is 362 g/mol. The van der Waals surface area contributed by atoms with Crippen LogP contribution in [0.3, 0.4) is 0 Å². The highest BCUT2D eigenvalue weighted by Crippen LogP contribution is 2.34. The number of aryl methyl sites for hydroxylation is 2. The summed E-state index contributed by atoms with van der Waals surface area (Å²) < 4.78 is 21.6. The van der Waals surface area contributed by atoms with E-state index in [9.17, 15) is 9.59 Å². The standard InChI is InChI=1S/C21H25NO6/c1-12(2)20(15-5-6-17-18(10-15)26-8-7-25-17)22-19(23)11-27-21(24)16-9-13(3)28-14(16)4/h5-6,9-10,12,20H,7-8,11H2,1-4H3,(H,22,23)/t20-/m0/s1. The number of nitrogens with one attached hydrogen (secondary N) is 1. The second-order valence-electron chi connectivity index (χ2n) is 7.10. The van der Waals surface area contributed by atoms with Gasteiger partial charge >= 0.3 is 5.97 Å². The minimum absolute atomic E-state index is 0.126. The number of carbonyl (C=O) groups is 2. The Labute approximate surface area is 164 Å². The van der Waals surface area contributed by atoms with Gasteiger partial charge in [0.1, 0.15) is 30.3 Å². The Morgan fingerprint density at radius 3 is 2.46 bits per heavy atom. The molecule has 1 aromatic carbocycles. The number of fused-ring (bicyclic) bond motifs is 1. The van der Waals surface area contributed by atoms with Gasteiger partial charge in [0.25, 0.3) is 5.91 Å². The lowest BCUT2D eigenvalue weighted by Gasteiger charge is -2.25. The molecule has 0 saturated carbocycles. The summed E-state index contributed by atoms with van der Waals surface area (Å²) in [6, 6.07) is 6.97. The predicted molar refractivity (Wildman–Crippen MR) is 102 cm³/mol. The Balaban J connectivity index is 1.63. The van der Waals surface area contributed by atoms with E-state index in [1.54, 1.807) is 19.9 Å². The maximum Gasteiger partial charge on any atom is 0.342 e. The summed E-state index contributed by atoms with van der Waals surface area (Å²) >= 11 is 0. The molecule has 0 spiro atoms. The highest BCUT2D eigenvalue weighted by atomic mass is 16.6. The Bertz CT molecular complexity index is 870. The van der Waals surface area contributed by atoms with Gasteiger partial charge in [0.2, 0.25) is 0 Å². The largest absolute Gasteiger partial charge is 0.486 e. The number of rotatable bonds is 6. The van der Waals surface area contributed by atoms with E-state index >= 15 is 0 Å². The Hall–Kier alpha value is -2.96. The number of ether oxygens (including phenoxy) is 3. The summed E-state index contributed by atoms with van der Waals surface area (Å²) in [7, 11) is 0. The molecule has 0 unspecified atom stereocenters. The molecular formula is C21H25NO6. The molecule has 0 aliphatic carbocycles. The van der Waals surface area contributed by atoms with Crippen molar-refractivity contribution in [2.24, 2.45) is 5.92 Å². The smallest absolute Gasteiger partial charge is 0.342 e. The summed E-state index contributed by atoms with van der Waals surface area (Å²) in [6.45, 7) is 8.10. The molecule has 1 amide bonds. The third kappa shape index (κ3) is 4.47. The van der Waals surface area contributed by atoms with Gasteiger partial charge in [-0.2, -0.15) is 0 Å². The third-order valence-corrected chi connectivity index (χ3v) is 4.50. The molecule has 1 aliphatic heterocycles. The van der Waals surface area contributed by atoms with Crippen LogP contribution in [0.4, 0.5) is 0 Å². The minimum Gasteiger partial charge on any atom is -0.486 e. The fraction of sp³-hybridized carbons (Fsp3) is 0.429. The third-order valence-electron chi connectivity index (χ3n) is 4.50. The van der Waals surface area contributed by atoms with E-state index in [4.69, 9.17) is 18.6 Å². The van der Waals surface area contributed by atoms with Crippen molar-refractivity contribution in [3.05, 3.63) is 46.9 Å². The maximum atomic E-state index is 12.4.